The molecule has 0 radical (unpaired) electrons. The van der Waals surface area contributed by atoms with Crippen LogP contribution < -0.4 is 5.69 Å². The molecule has 0 atom stereocenters. The van der Waals surface area contributed by atoms with Gasteiger partial charge >= 0.3 is 5.69 Å². The predicted molar refractivity (Wildman–Crippen MR) is 101 cm³/mol. The molecule has 0 aliphatic rings. The third-order valence-corrected chi connectivity index (χ3v) is 4.37. The van der Waals surface area contributed by atoms with Crippen molar-refractivity contribution in [1.29, 1.82) is 0 Å². The maximum atomic E-state index is 12.1. The van der Waals surface area contributed by atoms with Gasteiger partial charge in [0.15, 0.2) is 0 Å². The van der Waals surface area contributed by atoms with Gasteiger partial charge in [0.05, 0.1) is 11.0 Å². The summed E-state index contributed by atoms with van der Waals surface area (Å²) in [6, 6.07) is 11.9. The summed E-state index contributed by atoms with van der Waals surface area (Å²) < 4.78 is 7.20. The van der Waals surface area contributed by atoms with Crippen molar-refractivity contribution in [1.82, 2.24) is 19.7 Å². The Morgan fingerprint density at radius 2 is 1.85 bits per heavy atom. The highest BCUT2D eigenvalue weighted by atomic mass is 16.5. The van der Waals surface area contributed by atoms with Gasteiger partial charge in [0.25, 0.3) is 5.89 Å². The summed E-state index contributed by atoms with van der Waals surface area (Å²) in [4.78, 5) is 19.5. The van der Waals surface area contributed by atoms with Crippen LogP contribution in [-0.4, -0.2) is 19.7 Å². The molecule has 6 heteroatoms. The highest BCUT2D eigenvalue weighted by Crippen LogP contribution is 2.25. The molecule has 0 unspecified atom stereocenters. The van der Waals surface area contributed by atoms with Crippen LogP contribution in [-0.2, 0) is 6.54 Å². The van der Waals surface area contributed by atoms with Crippen LogP contribution in [0.15, 0.2) is 45.7 Å². The molecule has 0 saturated heterocycles. The first kappa shape index (κ1) is 16.3. The number of aromatic nitrogens is 4. The topological polar surface area (TPSA) is 76.7 Å². The highest BCUT2D eigenvalue weighted by Gasteiger charge is 2.13. The number of rotatable bonds is 4. The fourth-order valence-electron chi connectivity index (χ4n) is 3.30. The fraction of sp³-hybridized carbons (Fsp3) is 0.250. The second-order valence-electron chi connectivity index (χ2n) is 6.61. The minimum atomic E-state index is -0.0944. The maximum absolute atomic E-state index is 12.1. The molecule has 1 N–H and O–H groups in total. The normalized spacial score (nSPS) is 11.3. The summed E-state index contributed by atoms with van der Waals surface area (Å²) >= 11 is 0. The van der Waals surface area contributed by atoms with E-state index in [1.54, 1.807) is 4.57 Å². The van der Waals surface area contributed by atoms with Crippen LogP contribution >= 0.6 is 0 Å². The second-order valence-corrected chi connectivity index (χ2v) is 6.61. The third kappa shape index (κ3) is 2.83. The van der Waals surface area contributed by atoms with Crippen molar-refractivity contribution in [2.24, 2.45) is 0 Å². The molecule has 0 saturated carbocycles. The number of hydrogen-bond acceptors (Lipinski definition) is 4. The zero-order valence-electron chi connectivity index (χ0n) is 15.0. The van der Waals surface area contributed by atoms with Crippen molar-refractivity contribution < 1.29 is 4.52 Å². The van der Waals surface area contributed by atoms with E-state index in [1.165, 1.54) is 0 Å². The second kappa shape index (κ2) is 6.29. The number of imidazole rings is 1. The van der Waals surface area contributed by atoms with E-state index >= 15 is 0 Å². The number of nitrogens with zero attached hydrogens (tertiary/aromatic N) is 3. The molecule has 26 heavy (non-hydrogen) atoms. The van der Waals surface area contributed by atoms with Gasteiger partial charge in [-0.2, -0.15) is 4.98 Å². The molecule has 0 fully saturated rings. The van der Waals surface area contributed by atoms with Crippen molar-refractivity contribution in [3.05, 3.63) is 58.0 Å². The summed E-state index contributed by atoms with van der Waals surface area (Å²) in [5.74, 6) is 0.995. The van der Waals surface area contributed by atoms with Gasteiger partial charge in [-0.25, -0.2) is 4.79 Å². The lowest BCUT2D eigenvalue weighted by Gasteiger charge is -2.01. The average Bonchev–Trinajstić information content (AvgIpc) is 3.19. The summed E-state index contributed by atoms with van der Waals surface area (Å²) in [5, 5.41) is 4.11. The van der Waals surface area contributed by atoms with Crippen molar-refractivity contribution >= 4 is 11.0 Å². The van der Waals surface area contributed by atoms with E-state index in [2.05, 4.69) is 21.2 Å². The predicted octanol–water partition coefficient (Wildman–Crippen LogP) is 4.07. The Morgan fingerprint density at radius 3 is 2.58 bits per heavy atom. The van der Waals surface area contributed by atoms with Crippen LogP contribution in [0, 0.1) is 13.8 Å². The van der Waals surface area contributed by atoms with E-state index in [1.807, 2.05) is 51.1 Å². The van der Waals surface area contributed by atoms with Crippen LogP contribution in [0.2, 0.25) is 0 Å². The van der Waals surface area contributed by atoms with Crippen molar-refractivity contribution in [3.63, 3.8) is 0 Å². The van der Waals surface area contributed by atoms with Crippen molar-refractivity contribution in [2.45, 2.75) is 33.7 Å². The molecule has 0 amide bonds. The first-order valence-electron chi connectivity index (χ1n) is 8.70. The maximum Gasteiger partial charge on any atom is 0.326 e. The third-order valence-electron chi connectivity index (χ3n) is 4.37. The zero-order chi connectivity index (χ0) is 18.3. The Kier molecular flexibility index (Phi) is 3.95. The molecule has 0 spiro atoms. The van der Waals surface area contributed by atoms with Crippen molar-refractivity contribution in [3.8, 4) is 22.8 Å². The first-order valence-corrected chi connectivity index (χ1v) is 8.70. The van der Waals surface area contributed by atoms with Gasteiger partial charge < -0.3 is 9.51 Å². The summed E-state index contributed by atoms with van der Waals surface area (Å²) in [6.07, 6.45) is 0.902. The molecule has 132 valence electrons. The van der Waals surface area contributed by atoms with E-state index in [-0.39, 0.29) is 5.69 Å². The molecule has 6 nitrogen and oxygen atoms in total. The minimum absolute atomic E-state index is 0.0944. The molecular weight excluding hydrogens is 328 g/mol. The molecule has 2 aromatic carbocycles. The lowest BCUT2D eigenvalue weighted by molar-refractivity contribution is 0.432. The number of aryl methyl sites for hydroxylation is 3. The van der Waals surface area contributed by atoms with E-state index in [0.717, 1.165) is 39.7 Å². The Labute approximate surface area is 150 Å². The highest BCUT2D eigenvalue weighted by molar-refractivity contribution is 5.80. The van der Waals surface area contributed by atoms with Crippen LogP contribution in [0.5, 0.6) is 0 Å². The monoisotopic (exact) mass is 348 g/mol. The number of aromatic amines is 1. The largest absolute Gasteiger partial charge is 0.334 e. The molecule has 0 aliphatic carbocycles. The number of hydrogen-bond donors (Lipinski definition) is 1. The lowest BCUT2D eigenvalue weighted by atomic mass is 10.1. The van der Waals surface area contributed by atoms with E-state index in [4.69, 9.17) is 4.52 Å². The molecule has 0 bridgehead atoms. The SMILES string of the molecule is CCCn1c(=O)[nH]c2cc(-c3noc(-c4cc(C)cc(C)c4)n3)ccc21. The van der Waals surface area contributed by atoms with Gasteiger partial charge in [0.1, 0.15) is 0 Å². The number of fused-ring (bicyclic) bond motifs is 1. The Hall–Kier alpha value is -3.15. The molecule has 2 heterocycles. The van der Waals surface area contributed by atoms with Gasteiger partial charge in [-0.05, 0) is 50.6 Å². The lowest BCUT2D eigenvalue weighted by Crippen LogP contribution is -2.16. The van der Waals surface area contributed by atoms with Gasteiger partial charge in [-0.15, -0.1) is 0 Å². The summed E-state index contributed by atoms with van der Waals surface area (Å²) in [7, 11) is 0. The molecule has 2 aromatic heterocycles. The van der Waals surface area contributed by atoms with Crippen LogP contribution in [0.4, 0.5) is 0 Å². The summed E-state index contributed by atoms with van der Waals surface area (Å²) in [6.45, 7) is 6.82. The Morgan fingerprint density at radius 1 is 1.08 bits per heavy atom. The smallest absolute Gasteiger partial charge is 0.326 e. The summed E-state index contributed by atoms with van der Waals surface area (Å²) in [5.41, 5.74) is 5.58. The van der Waals surface area contributed by atoms with Crippen LogP contribution in [0.3, 0.4) is 0 Å². The van der Waals surface area contributed by atoms with Gasteiger partial charge in [-0.1, -0.05) is 29.3 Å². The molecule has 0 aliphatic heterocycles. The fourth-order valence-corrected chi connectivity index (χ4v) is 3.30. The van der Waals surface area contributed by atoms with Gasteiger partial charge in [0.2, 0.25) is 5.82 Å². The van der Waals surface area contributed by atoms with Gasteiger partial charge in [0, 0.05) is 17.7 Å². The van der Waals surface area contributed by atoms with Crippen LogP contribution in [0.25, 0.3) is 33.9 Å². The number of nitrogens with one attached hydrogen (secondary N) is 1. The van der Waals surface area contributed by atoms with Gasteiger partial charge in [-0.3, -0.25) is 4.57 Å². The van der Waals surface area contributed by atoms with Crippen LogP contribution in [0.1, 0.15) is 24.5 Å². The number of H-pyrrole nitrogens is 1. The Bertz CT molecular complexity index is 1130. The Balaban J connectivity index is 1.74. The molecule has 4 rings (SSSR count). The zero-order valence-corrected chi connectivity index (χ0v) is 15.0. The van der Waals surface area contributed by atoms with Crippen molar-refractivity contribution in [2.75, 3.05) is 0 Å². The van der Waals surface area contributed by atoms with E-state index < -0.39 is 0 Å². The minimum Gasteiger partial charge on any atom is -0.334 e. The molecule has 4 aromatic rings. The number of benzene rings is 2. The standard InChI is InChI=1S/C20H20N4O2/c1-4-7-24-17-6-5-14(11-16(17)21-20(24)25)18-22-19(26-23-18)15-9-12(2)8-13(3)10-15/h5-6,8-11H,4,7H2,1-3H3,(H,21,25). The van der Waals surface area contributed by atoms with E-state index in [0.29, 0.717) is 18.3 Å². The first-order chi connectivity index (χ1) is 12.5. The van der Waals surface area contributed by atoms with E-state index in [9.17, 15) is 4.79 Å². The molecular formula is C20H20N4O2. The quantitative estimate of drug-likeness (QED) is 0.603. The average molecular weight is 348 g/mol.